The van der Waals surface area contributed by atoms with Gasteiger partial charge >= 0.3 is 12.1 Å². The number of nitrogens with one attached hydrogen (secondary N) is 2. The number of rotatable bonds is 6. The number of thiazole rings is 1. The topological polar surface area (TPSA) is 87.4 Å². The van der Waals surface area contributed by atoms with E-state index in [0.29, 0.717) is 16.9 Å². The van der Waals surface area contributed by atoms with Crippen LogP contribution in [0, 0.1) is 0 Å². The molecule has 0 bridgehead atoms. The summed E-state index contributed by atoms with van der Waals surface area (Å²) < 4.78 is 46.6. The Hall–Kier alpha value is -2.76. The van der Waals surface area contributed by atoms with Crippen molar-refractivity contribution in [1.29, 1.82) is 0 Å². The standard InChI is InChI=1S/C18H12F3N3O3S2/c19-18(20,21)15-8-28-17(24-15)23-9-1-3-11-12-6-10(29-22-7-16(25)26)2-4-13(12)27-14(11)5-9/h1-6,8,22H,7H2,(H,23,24)(H,25,26). The van der Waals surface area contributed by atoms with E-state index < -0.39 is 17.8 Å². The Morgan fingerprint density at radius 1 is 1.17 bits per heavy atom. The molecule has 0 spiro atoms. The fourth-order valence-corrected chi connectivity index (χ4v) is 4.08. The van der Waals surface area contributed by atoms with Gasteiger partial charge in [-0.05, 0) is 42.3 Å². The maximum Gasteiger partial charge on any atom is 0.434 e. The summed E-state index contributed by atoms with van der Waals surface area (Å²) in [6.45, 7) is -0.170. The number of halogens is 3. The van der Waals surface area contributed by atoms with Gasteiger partial charge in [0.15, 0.2) is 10.8 Å². The number of nitrogens with zero attached hydrogens (tertiary/aromatic N) is 1. The van der Waals surface area contributed by atoms with E-state index in [1.165, 1.54) is 11.9 Å². The molecule has 0 aliphatic rings. The lowest BCUT2D eigenvalue weighted by Gasteiger charge is -2.03. The number of fused-ring (bicyclic) bond motifs is 3. The first-order valence-electron chi connectivity index (χ1n) is 8.17. The Balaban J connectivity index is 1.58. The summed E-state index contributed by atoms with van der Waals surface area (Å²) in [5.74, 6) is -0.949. The first-order chi connectivity index (χ1) is 13.8. The number of carboxylic acid groups (broad SMARTS) is 1. The van der Waals surface area contributed by atoms with Crippen molar-refractivity contribution in [3.8, 4) is 0 Å². The number of furan rings is 1. The van der Waals surface area contributed by atoms with Crippen LogP contribution < -0.4 is 10.0 Å². The van der Waals surface area contributed by atoms with Crippen molar-refractivity contribution >= 4 is 62.0 Å². The summed E-state index contributed by atoms with van der Waals surface area (Å²) >= 11 is 2.07. The second-order valence-electron chi connectivity index (χ2n) is 5.95. The average molecular weight is 439 g/mol. The van der Waals surface area contributed by atoms with E-state index >= 15 is 0 Å². The zero-order chi connectivity index (χ0) is 20.6. The van der Waals surface area contributed by atoms with Crippen LogP contribution in [-0.4, -0.2) is 22.6 Å². The molecule has 2 heterocycles. The van der Waals surface area contributed by atoms with Crippen LogP contribution in [0.3, 0.4) is 0 Å². The van der Waals surface area contributed by atoms with Crippen LogP contribution in [0.1, 0.15) is 5.69 Å². The zero-order valence-corrected chi connectivity index (χ0v) is 16.0. The van der Waals surface area contributed by atoms with Crippen LogP contribution >= 0.6 is 23.3 Å². The lowest BCUT2D eigenvalue weighted by molar-refractivity contribution is -0.140. The molecule has 0 aliphatic carbocycles. The Morgan fingerprint density at radius 3 is 2.72 bits per heavy atom. The average Bonchev–Trinajstić information content (AvgIpc) is 3.25. The minimum Gasteiger partial charge on any atom is -0.480 e. The Morgan fingerprint density at radius 2 is 2.00 bits per heavy atom. The number of hydrogen-bond acceptors (Lipinski definition) is 7. The summed E-state index contributed by atoms with van der Waals surface area (Å²) in [6.07, 6.45) is -4.48. The number of carboxylic acids is 1. The molecule has 0 atom stereocenters. The molecule has 0 unspecified atom stereocenters. The molecule has 6 nitrogen and oxygen atoms in total. The van der Waals surface area contributed by atoms with Gasteiger partial charge in [-0.3, -0.25) is 4.79 Å². The molecule has 11 heteroatoms. The van der Waals surface area contributed by atoms with Crippen LogP contribution in [-0.2, 0) is 11.0 Å². The van der Waals surface area contributed by atoms with E-state index in [1.54, 1.807) is 30.3 Å². The third-order valence-corrected chi connectivity index (χ3v) is 5.44. The smallest absolute Gasteiger partial charge is 0.434 e. The van der Waals surface area contributed by atoms with Crippen LogP contribution in [0.4, 0.5) is 24.0 Å². The number of aliphatic carboxylic acids is 1. The molecule has 0 radical (unpaired) electrons. The summed E-state index contributed by atoms with van der Waals surface area (Å²) in [5, 5.41) is 14.3. The van der Waals surface area contributed by atoms with Gasteiger partial charge in [-0.1, -0.05) is 0 Å². The quantitative estimate of drug-likeness (QED) is 0.343. The second kappa shape index (κ2) is 7.58. The maximum absolute atomic E-state index is 12.7. The predicted molar refractivity (Wildman–Crippen MR) is 106 cm³/mol. The van der Waals surface area contributed by atoms with Gasteiger partial charge in [-0.2, -0.15) is 13.2 Å². The largest absolute Gasteiger partial charge is 0.480 e. The number of hydrogen-bond donors (Lipinski definition) is 3. The van der Waals surface area contributed by atoms with Gasteiger partial charge < -0.3 is 14.8 Å². The van der Waals surface area contributed by atoms with Crippen LogP contribution in [0.15, 0.2) is 51.1 Å². The van der Waals surface area contributed by atoms with Gasteiger partial charge in [0.1, 0.15) is 17.7 Å². The van der Waals surface area contributed by atoms with E-state index in [-0.39, 0.29) is 11.7 Å². The van der Waals surface area contributed by atoms with Gasteiger partial charge in [0.2, 0.25) is 0 Å². The van der Waals surface area contributed by atoms with Crippen molar-refractivity contribution in [1.82, 2.24) is 9.71 Å². The molecule has 4 rings (SSSR count). The molecule has 2 aromatic heterocycles. The number of aromatic nitrogens is 1. The maximum atomic E-state index is 12.7. The van der Waals surface area contributed by atoms with Crippen molar-refractivity contribution < 1.29 is 27.5 Å². The molecule has 0 amide bonds. The van der Waals surface area contributed by atoms with Crippen molar-refractivity contribution in [2.45, 2.75) is 11.1 Å². The molecule has 150 valence electrons. The summed E-state index contributed by atoms with van der Waals surface area (Å²) in [7, 11) is 0. The van der Waals surface area contributed by atoms with E-state index in [1.807, 2.05) is 6.07 Å². The Kier molecular flexibility index (Phi) is 5.11. The monoisotopic (exact) mass is 439 g/mol. The second-order valence-corrected chi connectivity index (χ2v) is 7.77. The molecule has 3 N–H and O–H groups in total. The molecule has 0 saturated heterocycles. The van der Waals surface area contributed by atoms with Crippen molar-refractivity contribution in [2.75, 3.05) is 11.9 Å². The third-order valence-electron chi connectivity index (χ3n) is 3.90. The Labute approximate surface area is 169 Å². The highest BCUT2D eigenvalue weighted by Crippen LogP contribution is 2.35. The van der Waals surface area contributed by atoms with Crippen LogP contribution in [0.25, 0.3) is 21.9 Å². The first kappa shape index (κ1) is 19.6. The fourth-order valence-electron chi connectivity index (χ4n) is 2.66. The number of alkyl halides is 3. The first-order valence-corrected chi connectivity index (χ1v) is 9.87. The SMILES string of the molecule is O=C(O)CNSc1ccc2oc3cc(Nc4nc(C(F)(F)F)cs4)ccc3c2c1. The molecule has 0 fully saturated rings. The lowest BCUT2D eigenvalue weighted by Crippen LogP contribution is -2.15. The highest BCUT2D eigenvalue weighted by atomic mass is 32.2. The number of anilines is 2. The molecule has 4 aromatic rings. The molecule has 0 aliphatic heterocycles. The summed E-state index contributed by atoms with van der Waals surface area (Å²) in [5.41, 5.74) is 0.834. The predicted octanol–water partition coefficient (Wildman–Crippen LogP) is 5.49. The van der Waals surface area contributed by atoms with Crippen LogP contribution in [0.5, 0.6) is 0 Å². The van der Waals surface area contributed by atoms with Crippen molar-refractivity contribution in [3.63, 3.8) is 0 Å². The molecular formula is C18H12F3N3O3S2. The van der Waals surface area contributed by atoms with Crippen molar-refractivity contribution in [2.24, 2.45) is 0 Å². The van der Waals surface area contributed by atoms with Crippen molar-refractivity contribution in [3.05, 3.63) is 47.5 Å². The normalized spacial score (nSPS) is 12.0. The fraction of sp³-hybridized carbons (Fsp3) is 0.111. The van der Waals surface area contributed by atoms with E-state index in [2.05, 4.69) is 15.0 Å². The third kappa shape index (κ3) is 4.31. The Bertz CT molecular complexity index is 1200. The lowest BCUT2D eigenvalue weighted by atomic mass is 10.1. The number of benzene rings is 2. The highest BCUT2D eigenvalue weighted by Gasteiger charge is 2.33. The minimum absolute atomic E-state index is 0.135. The van der Waals surface area contributed by atoms with E-state index in [4.69, 9.17) is 9.52 Å². The van der Waals surface area contributed by atoms with E-state index in [9.17, 15) is 18.0 Å². The van der Waals surface area contributed by atoms with Gasteiger partial charge in [0.05, 0.1) is 0 Å². The highest BCUT2D eigenvalue weighted by molar-refractivity contribution is 7.97. The van der Waals surface area contributed by atoms with Crippen LogP contribution in [0.2, 0.25) is 0 Å². The number of carbonyl (C=O) groups is 1. The van der Waals surface area contributed by atoms with E-state index in [0.717, 1.165) is 32.4 Å². The molecular weight excluding hydrogens is 427 g/mol. The molecule has 29 heavy (non-hydrogen) atoms. The molecule has 2 aromatic carbocycles. The summed E-state index contributed by atoms with van der Waals surface area (Å²) in [6, 6.07) is 10.7. The van der Waals surface area contributed by atoms with Gasteiger partial charge in [-0.25, -0.2) is 9.71 Å². The zero-order valence-electron chi connectivity index (χ0n) is 14.4. The molecule has 0 saturated carbocycles. The van der Waals surface area contributed by atoms with Gasteiger partial charge in [-0.15, -0.1) is 11.3 Å². The summed E-state index contributed by atoms with van der Waals surface area (Å²) in [4.78, 5) is 15.0. The van der Waals surface area contributed by atoms with Gasteiger partial charge in [0.25, 0.3) is 0 Å². The van der Waals surface area contributed by atoms with Gasteiger partial charge in [0, 0.05) is 32.8 Å². The minimum atomic E-state index is -4.48.